The van der Waals surface area contributed by atoms with Gasteiger partial charge < -0.3 is 10.2 Å². The van der Waals surface area contributed by atoms with E-state index in [1.165, 1.54) is 17.5 Å². The fourth-order valence-electron chi connectivity index (χ4n) is 4.09. The zero-order chi connectivity index (χ0) is 22.9. The molecule has 172 valence electrons. The van der Waals surface area contributed by atoms with Crippen molar-refractivity contribution in [2.24, 2.45) is 0 Å². The maximum Gasteiger partial charge on any atom is 0.242 e. The van der Waals surface area contributed by atoms with Crippen molar-refractivity contribution in [3.8, 4) is 0 Å². The van der Waals surface area contributed by atoms with Crippen LogP contribution in [-0.4, -0.2) is 34.6 Å². The van der Waals surface area contributed by atoms with E-state index in [1.54, 1.807) is 16.7 Å². The zero-order valence-electron chi connectivity index (χ0n) is 19.0. The van der Waals surface area contributed by atoms with Crippen LogP contribution in [0.2, 0.25) is 0 Å². The monoisotopic (exact) mass is 516 g/mol. The van der Waals surface area contributed by atoms with E-state index >= 15 is 0 Å². The molecule has 1 fully saturated rings. The van der Waals surface area contributed by atoms with Crippen molar-refractivity contribution >= 4 is 39.5 Å². The summed E-state index contributed by atoms with van der Waals surface area (Å²) in [5, 5.41) is 3.19. The van der Waals surface area contributed by atoms with Crippen molar-refractivity contribution in [3.63, 3.8) is 0 Å². The molecule has 0 saturated heterocycles. The van der Waals surface area contributed by atoms with E-state index in [0.29, 0.717) is 12.3 Å². The number of nitrogens with zero attached hydrogens (tertiary/aromatic N) is 1. The molecule has 1 atom stereocenters. The topological polar surface area (TPSA) is 49.4 Å². The second-order valence-corrected chi connectivity index (χ2v) is 10.5. The van der Waals surface area contributed by atoms with E-state index in [9.17, 15) is 9.59 Å². The predicted molar refractivity (Wildman–Crippen MR) is 137 cm³/mol. The third-order valence-corrected chi connectivity index (χ3v) is 7.56. The van der Waals surface area contributed by atoms with Crippen LogP contribution < -0.4 is 5.32 Å². The van der Waals surface area contributed by atoms with Crippen LogP contribution in [0.5, 0.6) is 0 Å². The summed E-state index contributed by atoms with van der Waals surface area (Å²) in [5.41, 5.74) is 3.49. The van der Waals surface area contributed by atoms with E-state index in [4.69, 9.17) is 0 Å². The molecule has 0 aliphatic heterocycles. The summed E-state index contributed by atoms with van der Waals surface area (Å²) >= 11 is 5.11. The van der Waals surface area contributed by atoms with E-state index in [0.717, 1.165) is 41.5 Å². The quantitative estimate of drug-likeness (QED) is 0.454. The van der Waals surface area contributed by atoms with Gasteiger partial charge in [-0.15, -0.1) is 11.8 Å². The van der Waals surface area contributed by atoms with Crippen molar-refractivity contribution in [2.75, 3.05) is 5.75 Å². The molecule has 0 radical (unpaired) electrons. The minimum absolute atomic E-state index is 0.00476. The minimum Gasteiger partial charge on any atom is -0.352 e. The van der Waals surface area contributed by atoms with Crippen molar-refractivity contribution in [2.45, 2.75) is 70.3 Å². The summed E-state index contributed by atoms with van der Waals surface area (Å²) < 4.78 is 0.968. The van der Waals surface area contributed by atoms with Crippen LogP contribution in [0.15, 0.2) is 53.0 Å². The van der Waals surface area contributed by atoms with Gasteiger partial charge in [-0.05, 0) is 55.5 Å². The van der Waals surface area contributed by atoms with Gasteiger partial charge in [0.1, 0.15) is 6.04 Å². The number of thioether (sulfide) groups is 1. The second kappa shape index (κ2) is 12.4. The zero-order valence-corrected chi connectivity index (χ0v) is 21.4. The van der Waals surface area contributed by atoms with Crippen LogP contribution >= 0.6 is 27.7 Å². The van der Waals surface area contributed by atoms with E-state index in [2.05, 4.69) is 40.3 Å². The molecule has 4 nitrogen and oxygen atoms in total. The third-order valence-electron chi connectivity index (χ3n) is 6.11. The van der Waals surface area contributed by atoms with Crippen LogP contribution in [0.25, 0.3) is 0 Å². The van der Waals surface area contributed by atoms with Crippen LogP contribution in [-0.2, 0) is 21.9 Å². The molecule has 32 heavy (non-hydrogen) atoms. The third kappa shape index (κ3) is 7.38. The highest BCUT2D eigenvalue weighted by atomic mass is 79.9. The molecule has 0 unspecified atom stereocenters. The SMILES string of the molecule is Cc1ccccc1CSCC(=O)N(Cc1cccc(Br)c1)[C@@H](C)C(=O)NC1CCCCC1. The number of rotatable bonds is 9. The minimum atomic E-state index is -0.512. The molecule has 1 aliphatic rings. The van der Waals surface area contributed by atoms with Gasteiger partial charge in [-0.3, -0.25) is 9.59 Å². The first kappa shape index (κ1) is 24.8. The molecular weight excluding hydrogens is 484 g/mol. The molecule has 1 N–H and O–H groups in total. The molecule has 2 amide bonds. The van der Waals surface area contributed by atoms with Gasteiger partial charge in [0.25, 0.3) is 0 Å². The Morgan fingerprint density at radius 2 is 1.88 bits per heavy atom. The fourth-order valence-corrected chi connectivity index (χ4v) is 5.52. The normalized spacial score (nSPS) is 15.2. The first-order valence-corrected chi connectivity index (χ1v) is 13.4. The average Bonchev–Trinajstić information content (AvgIpc) is 2.79. The summed E-state index contributed by atoms with van der Waals surface area (Å²) in [7, 11) is 0. The first-order valence-electron chi connectivity index (χ1n) is 11.4. The van der Waals surface area contributed by atoms with Gasteiger partial charge in [0.2, 0.25) is 11.8 Å². The summed E-state index contributed by atoms with van der Waals surface area (Å²) in [6, 6.07) is 15.9. The van der Waals surface area contributed by atoms with Gasteiger partial charge in [0.15, 0.2) is 0 Å². The van der Waals surface area contributed by atoms with Crippen molar-refractivity contribution in [1.82, 2.24) is 10.2 Å². The summed E-state index contributed by atoms with van der Waals surface area (Å²) in [6.07, 6.45) is 5.63. The number of halogens is 1. The van der Waals surface area contributed by atoms with E-state index in [1.807, 2.05) is 43.3 Å². The number of benzene rings is 2. The number of amides is 2. The molecule has 1 saturated carbocycles. The molecular formula is C26H33BrN2O2S. The Bertz CT molecular complexity index is 914. The lowest BCUT2D eigenvalue weighted by Crippen LogP contribution is -2.50. The standard InChI is InChI=1S/C26H33BrN2O2S/c1-19-9-6-7-11-22(19)17-32-18-25(30)29(16-21-10-8-12-23(27)15-21)20(2)26(31)28-24-13-4-3-5-14-24/h6-12,15,20,24H,3-5,13-14,16-18H2,1-2H3,(H,28,31)/t20-/m0/s1. The highest BCUT2D eigenvalue weighted by Crippen LogP contribution is 2.21. The highest BCUT2D eigenvalue weighted by Gasteiger charge is 2.28. The maximum atomic E-state index is 13.3. The first-order chi connectivity index (χ1) is 15.4. The Kier molecular flexibility index (Phi) is 9.67. The molecule has 6 heteroatoms. The maximum absolute atomic E-state index is 13.3. The number of carbonyl (C=O) groups excluding carboxylic acids is 2. The summed E-state index contributed by atoms with van der Waals surface area (Å²) in [4.78, 5) is 28.0. The summed E-state index contributed by atoms with van der Waals surface area (Å²) in [6.45, 7) is 4.36. The smallest absolute Gasteiger partial charge is 0.242 e. The second-order valence-electron chi connectivity index (χ2n) is 8.59. The van der Waals surface area contributed by atoms with Crippen molar-refractivity contribution < 1.29 is 9.59 Å². The van der Waals surface area contributed by atoms with Crippen molar-refractivity contribution in [1.29, 1.82) is 0 Å². The van der Waals surface area contributed by atoms with Gasteiger partial charge in [-0.1, -0.05) is 71.6 Å². The van der Waals surface area contributed by atoms with Crippen LogP contribution in [0.3, 0.4) is 0 Å². The van der Waals surface area contributed by atoms with Crippen LogP contribution in [0.1, 0.15) is 55.7 Å². The van der Waals surface area contributed by atoms with Crippen molar-refractivity contribution in [3.05, 3.63) is 69.7 Å². The largest absolute Gasteiger partial charge is 0.352 e. The van der Waals surface area contributed by atoms with E-state index in [-0.39, 0.29) is 17.9 Å². The van der Waals surface area contributed by atoms with Crippen LogP contribution in [0.4, 0.5) is 0 Å². The Balaban J connectivity index is 1.66. The van der Waals surface area contributed by atoms with Gasteiger partial charge in [-0.2, -0.15) is 0 Å². The Morgan fingerprint density at radius 3 is 2.59 bits per heavy atom. The number of carbonyl (C=O) groups is 2. The highest BCUT2D eigenvalue weighted by molar-refractivity contribution is 9.10. The lowest BCUT2D eigenvalue weighted by molar-refractivity contribution is -0.139. The molecule has 0 spiro atoms. The lowest BCUT2D eigenvalue weighted by atomic mass is 9.95. The van der Waals surface area contributed by atoms with Gasteiger partial charge in [0.05, 0.1) is 5.75 Å². The van der Waals surface area contributed by atoms with Gasteiger partial charge in [-0.25, -0.2) is 0 Å². The molecule has 3 rings (SSSR count). The molecule has 1 aliphatic carbocycles. The average molecular weight is 518 g/mol. The van der Waals surface area contributed by atoms with Gasteiger partial charge >= 0.3 is 0 Å². The summed E-state index contributed by atoms with van der Waals surface area (Å²) in [5.74, 6) is 1.08. The van der Waals surface area contributed by atoms with Crippen LogP contribution in [0, 0.1) is 6.92 Å². The Labute approximate surface area is 204 Å². The molecule has 2 aromatic rings. The molecule has 0 aromatic heterocycles. The number of hydrogen-bond acceptors (Lipinski definition) is 3. The Morgan fingerprint density at radius 1 is 1.12 bits per heavy atom. The number of nitrogens with one attached hydrogen (secondary N) is 1. The molecule has 0 bridgehead atoms. The molecule has 0 heterocycles. The predicted octanol–water partition coefficient (Wildman–Crippen LogP) is 5.86. The van der Waals surface area contributed by atoms with E-state index < -0.39 is 6.04 Å². The fraction of sp³-hybridized carbons (Fsp3) is 0.462. The number of hydrogen-bond donors (Lipinski definition) is 1. The van der Waals surface area contributed by atoms with Gasteiger partial charge in [0, 0.05) is 22.8 Å². The lowest BCUT2D eigenvalue weighted by Gasteiger charge is -2.31. The number of aryl methyl sites for hydroxylation is 1. The molecule has 2 aromatic carbocycles. The Hall–Kier alpha value is -1.79.